The van der Waals surface area contributed by atoms with Crippen LogP contribution in [0.25, 0.3) is 11.3 Å². The Hall–Kier alpha value is -5.09. The van der Waals surface area contributed by atoms with Crippen LogP contribution in [0.4, 0.5) is 4.79 Å². The van der Waals surface area contributed by atoms with Gasteiger partial charge in [-0.15, -0.1) is 5.10 Å². The Balaban J connectivity index is 1.60. The van der Waals surface area contributed by atoms with E-state index < -0.39 is 12.0 Å². The topological polar surface area (TPSA) is 163 Å². The standard InChI is InChI=1S/C29H31N5O8/c1-5-40-20-12-16(6-7-19(20)41-29(35)34-8-10-39-11-9-34)23-18(15-30)27(31)42-28-24(23)25(32-33-28)17-13-21(36-2)26(38-4)22(14-17)37-3/h6-7,12-14,23H,5,8-11,31H2,1-4H3,(H,32,33)/t23-/m0/s1. The number of benzene rings is 2. The monoisotopic (exact) mass is 577 g/mol. The second-order valence-corrected chi connectivity index (χ2v) is 9.26. The Labute approximate surface area is 242 Å². The summed E-state index contributed by atoms with van der Waals surface area (Å²) in [5, 5.41) is 17.5. The van der Waals surface area contributed by atoms with E-state index in [2.05, 4.69) is 16.3 Å². The van der Waals surface area contributed by atoms with Gasteiger partial charge in [0.05, 0.1) is 58.3 Å². The van der Waals surface area contributed by atoms with Crippen molar-refractivity contribution in [2.24, 2.45) is 5.73 Å². The highest BCUT2D eigenvalue weighted by molar-refractivity contribution is 5.76. The smallest absolute Gasteiger partial charge is 0.415 e. The number of carbonyl (C=O) groups is 1. The van der Waals surface area contributed by atoms with E-state index in [1.54, 1.807) is 35.2 Å². The average molecular weight is 578 g/mol. The molecule has 13 heteroatoms. The molecule has 0 radical (unpaired) electrons. The zero-order valence-corrected chi connectivity index (χ0v) is 23.7. The molecule has 13 nitrogen and oxygen atoms in total. The fraction of sp³-hybridized carbons (Fsp3) is 0.345. The van der Waals surface area contributed by atoms with Gasteiger partial charge in [-0.05, 0) is 36.8 Å². The Kier molecular flexibility index (Phi) is 8.26. The fourth-order valence-corrected chi connectivity index (χ4v) is 4.99. The van der Waals surface area contributed by atoms with Gasteiger partial charge in [-0.2, -0.15) is 5.26 Å². The summed E-state index contributed by atoms with van der Waals surface area (Å²) in [5.74, 6) is 1.31. The summed E-state index contributed by atoms with van der Waals surface area (Å²) in [6.07, 6.45) is -0.498. The van der Waals surface area contributed by atoms with Crippen molar-refractivity contribution in [3.63, 3.8) is 0 Å². The van der Waals surface area contributed by atoms with Crippen molar-refractivity contribution < 1.29 is 38.0 Å². The van der Waals surface area contributed by atoms with Crippen LogP contribution >= 0.6 is 0 Å². The molecule has 1 aromatic heterocycles. The number of nitrogens with one attached hydrogen (secondary N) is 1. The number of nitrogens with two attached hydrogens (primary N) is 1. The lowest BCUT2D eigenvalue weighted by molar-refractivity contribution is 0.0413. The number of morpholine rings is 1. The zero-order valence-electron chi connectivity index (χ0n) is 23.7. The number of rotatable bonds is 8. The number of nitrogens with zero attached hydrogens (tertiary/aromatic N) is 3. The molecule has 0 unspecified atom stereocenters. The molecule has 1 fully saturated rings. The third-order valence-electron chi connectivity index (χ3n) is 6.96. The Bertz CT molecular complexity index is 1530. The van der Waals surface area contributed by atoms with Crippen molar-refractivity contribution >= 4 is 6.09 Å². The number of fused-ring (bicyclic) bond motifs is 1. The molecule has 1 amide bonds. The van der Waals surface area contributed by atoms with Crippen molar-refractivity contribution in [3.8, 4) is 52.0 Å². The van der Waals surface area contributed by atoms with E-state index in [1.165, 1.54) is 21.3 Å². The van der Waals surface area contributed by atoms with Crippen LogP contribution < -0.4 is 34.2 Å². The van der Waals surface area contributed by atoms with E-state index in [0.717, 1.165) is 0 Å². The highest BCUT2D eigenvalue weighted by Crippen LogP contribution is 2.49. The van der Waals surface area contributed by atoms with Crippen molar-refractivity contribution in [3.05, 3.63) is 52.9 Å². The fourth-order valence-electron chi connectivity index (χ4n) is 4.99. The summed E-state index contributed by atoms with van der Waals surface area (Å²) < 4.78 is 39.2. The largest absolute Gasteiger partial charge is 0.493 e. The van der Waals surface area contributed by atoms with Crippen LogP contribution in [0.5, 0.6) is 34.6 Å². The maximum Gasteiger partial charge on any atom is 0.415 e. The van der Waals surface area contributed by atoms with Crippen molar-refractivity contribution in [1.29, 1.82) is 5.26 Å². The summed E-state index contributed by atoms with van der Waals surface area (Å²) in [6.45, 7) is 3.90. The normalized spacial score (nSPS) is 16.2. The van der Waals surface area contributed by atoms with Gasteiger partial charge in [-0.3, -0.25) is 5.10 Å². The zero-order chi connectivity index (χ0) is 29.8. The average Bonchev–Trinajstić information content (AvgIpc) is 3.44. The molecule has 3 N–H and O–H groups in total. The number of aromatic amines is 1. The molecule has 3 heterocycles. The van der Waals surface area contributed by atoms with Gasteiger partial charge in [0.15, 0.2) is 23.0 Å². The Morgan fingerprint density at radius 2 is 1.81 bits per heavy atom. The van der Waals surface area contributed by atoms with Crippen LogP contribution in [0.2, 0.25) is 0 Å². The van der Waals surface area contributed by atoms with Gasteiger partial charge in [0.2, 0.25) is 17.5 Å². The molecule has 220 valence electrons. The van der Waals surface area contributed by atoms with E-state index in [4.69, 9.17) is 38.9 Å². The van der Waals surface area contributed by atoms with Gasteiger partial charge in [-0.25, -0.2) is 4.79 Å². The number of hydrogen-bond donors (Lipinski definition) is 2. The van der Waals surface area contributed by atoms with Crippen LogP contribution in [0.3, 0.4) is 0 Å². The van der Waals surface area contributed by atoms with Gasteiger partial charge >= 0.3 is 6.09 Å². The van der Waals surface area contributed by atoms with Gasteiger partial charge < -0.3 is 43.8 Å². The third-order valence-corrected chi connectivity index (χ3v) is 6.96. The maximum absolute atomic E-state index is 12.8. The number of ether oxygens (including phenoxy) is 7. The second kappa shape index (κ2) is 12.2. The third kappa shape index (κ3) is 5.19. The molecule has 1 saturated heterocycles. The number of H-pyrrole nitrogens is 1. The minimum atomic E-state index is -0.699. The molecule has 42 heavy (non-hydrogen) atoms. The number of methoxy groups -OCH3 is 3. The summed E-state index contributed by atoms with van der Waals surface area (Å²) in [5.41, 5.74) is 8.77. The molecule has 2 aliphatic heterocycles. The predicted octanol–water partition coefficient (Wildman–Crippen LogP) is 3.55. The number of aromatic nitrogens is 2. The van der Waals surface area contributed by atoms with Crippen LogP contribution in [0, 0.1) is 11.3 Å². The van der Waals surface area contributed by atoms with E-state index in [1.807, 2.05) is 6.92 Å². The summed E-state index contributed by atoms with van der Waals surface area (Å²) >= 11 is 0. The van der Waals surface area contributed by atoms with Crippen LogP contribution in [0.15, 0.2) is 41.8 Å². The lowest BCUT2D eigenvalue weighted by atomic mass is 9.83. The quantitative estimate of drug-likeness (QED) is 0.402. The van der Waals surface area contributed by atoms with Crippen molar-refractivity contribution in [1.82, 2.24) is 15.1 Å². The second-order valence-electron chi connectivity index (χ2n) is 9.26. The first kappa shape index (κ1) is 28.4. The van der Waals surface area contributed by atoms with Crippen LogP contribution in [-0.2, 0) is 4.74 Å². The molecule has 0 aliphatic carbocycles. The SMILES string of the molecule is CCOc1cc([C@H]2C(C#N)=C(N)Oc3n[nH]c(-c4cc(OC)c(OC)c(OC)c4)c32)ccc1OC(=O)N1CCOCC1. The molecule has 2 aromatic carbocycles. The van der Waals surface area contributed by atoms with E-state index >= 15 is 0 Å². The van der Waals surface area contributed by atoms with Crippen molar-refractivity contribution in [2.45, 2.75) is 12.8 Å². The molecule has 0 saturated carbocycles. The van der Waals surface area contributed by atoms with Crippen LogP contribution in [0.1, 0.15) is 24.0 Å². The first-order valence-corrected chi connectivity index (χ1v) is 13.2. The molecule has 1 atom stereocenters. The molecule has 0 spiro atoms. The molecule has 2 aliphatic rings. The lowest BCUT2D eigenvalue weighted by Crippen LogP contribution is -2.42. The number of allylic oxidation sites excluding steroid dienone is 1. The number of hydrogen-bond acceptors (Lipinski definition) is 11. The highest BCUT2D eigenvalue weighted by Gasteiger charge is 2.37. The Morgan fingerprint density at radius 3 is 2.43 bits per heavy atom. The first-order valence-electron chi connectivity index (χ1n) is 13.2. The molecule has 5 rings (SSSR count). The van der Waals surface area contributed by atoms with E-state index in [-0.39, 0.29) is 23.1 Å². The molecule has 0 bridgehead atoms. The predicted molar refractivity (Wildman–Crippen MR) is 149 cm³/mol. The number of amides is 1. The molecule has 3 aromatic rings. The maximum atomic E-state index is 12.8. The van der Waals surface area contributed by atoms with Gasteiger partial charge in [0.25, 0.3) is 0 Å². The number of carbonyl (C=O) groups excluding carboxylic acids is 1. The first-order chi connectivity index (χ1) is 20.4. The number of nitriles is 1. The lowest BCUT2D eigenvalue weighted by Gasteiger charge is -2.27. The van der Waals surface area contributed by atoms with Crippen LogP contribution in [-0.4, -0.2) is 75.4 Å². The minimum absolute atomic E-state index is 0.0706. The van der Waals surface area contributed by atoms with Gasteiger partial charge in [0.1, 0.15) is 11.6 Å². The summed E-state index contributed by atoms with van der Waals surface area (Å²) in [4.78, 5) is 14.4. The molecular weight excluding hydrogens is 546 g/mol. The molecular formula is C29H31N5O8. The van der Waals surface area contributed by atoms with Crippen molar-refractivity contribution in [2.75, 3.05) is 54.2 Å². The highest BCUT2D eigenvalue weighted by atomic mass is 16.6. The van der Waals surface area contributed by atoms with Gasteiger partial charge in [-0.1, -0.05) is 6.07 Å². The Morgan fingerprint density at radius 1 is 1.10 bits per heavy atom. The minimum Gasteiger partial charge on any atom is -0.493 e. The van der Waals surface area contributed by atoms with E-state index in [9.17, 15) is 10.1 Å². The summed E-state index contributed by atoms with van der Waals surface area (Å²) in [6, 6.07) is 10.8. The van der Waals surface area contributed by atoms with E-state index in [0.29, 0.717) is 78.3 Å². The summed E-state index contributed by atoms with van der Waals surface area (Å²) in [7, 11) is 4.57. The van der Waals surface area contributed by atoms with Gasteiger partial charge in [0, 0.05) is 18.7 Å².